The number of carboxylic acid groups (broad SMARTS) is 1. The molecule has 0 amide bonds. The van der Waals surface area contributed by atoms with Crippen LogP contribution in [0.3, 0.4) is 0 Å². The molecule has 88 valence electrons. The van der Waals surface area contributed by atoms with E-state index < -0.39 is 5.97 Å². The smallest absolute Gasteiger partial charge is 0.305 e. The van der Waals surface area contributed by atoms with Crippen LogP contribution in [0.5, 0.6) is 0 Å². The molecule has 0 saturated heterocycles. The second-order valence-electron chi connectivity index (χ2n) is 3.41. The lowest BCUT2D eigenvalue weighted by Crippen LogP contribution is -2.23. The van der Waals surface area contributed by atoms with Crippen molar-refractivity contribution < 1.29 is 9.90 Å². The number of benzene rings is 1. The van der Waals surface area contributed by atoms with Crippen LogP contribution in [0.2, 0.25) is 0 Å². The van der Waals surface area contributed by atoms with E-state index >= 15 is 0 Å². The van der Waals surface area contributed by atoms with Gasteiger partial charge in [-0.1, -0.05) is 30.3 Å². The van der Waals surface area contributed by atoms with Gasteiger partial charge < -0.3 is 10.4 Å². The molecule has 0 aromatic heterocycles. The predicted octanol–water partition coefficient (Wildman–Crippen LogP) is 2.53. The van der Waals surface area contributed by atoms with Gasteiger partial charge in [0.1, 0.15) is 0 Å². The molecule has 1 aromatic carbocycles. The number of carbonyl (C=O) groups is 1. The Morgan fingerprint density at radius 1 is 1.44 bits per heavy atom. The SMILES string of the molecule is C[C@H](CC(=O)O)NC=Cc1ccccc1.Cl. The van der Waals surface area contributed by atoms with Crippen LogP contribution in [0.15, 0.2) is 36.5 Å². The summed E-state index contributed by atoms with van der Waals surface area (Å²) in [6.45, 7) is 1.84. The average molecular weight is 242 g/mol. The van der Waals surface area contributed by atoms with E-state index in [2.05, 4.69) is 5.32 Å². The second-order valence-corrected chi connectivity index (χ2v) is 3.41. The van der Waals surface area contributed by atoms with Crippen LogP contribution >= 0.6 is 12.4 Å². The lowest BCUT2D eigenvalue weighted by atomic mass is 10.2. The maximum absolute atomic E-state index is 10.4. The highest BCUT2D eigenvalue weighted by molar-refractivity contribution is 5.85. The van der Waals surface area contributed by atoms with E-state index in [0.717, 1.165) is 5.56 Å². The Balaban J connectivity index is 0.00000225. The van der Waals surface area contributed by atoms with Crippen LogP contribution in [0.25, 0.3) is 6.08 Å². The van der Waals surface area contributed by atoms with Crippen molar-refractivity contribution in [2.75, 3.05) is 0 Å². The van der Waals surface area contributed by atoms with Gasteiger partial charge in [0.25, 0.3) is 0 Å². The third-order valence-electron chi connectivity index (χ3n) is 1.94. The molecule has 2 N–H and O–H groups in total. The summed E-state index contributed by atoms with van der Waals surface area (Å²) in [4.78, 5) is 10.4. The number of carboxylic acids is 1. The van der Waals surface area contributed by atoms with Crippen LogP contribution in [0, 0.1) is 0 Å². The van der Waals surface area contributed by atoms with Gasteiger partial charge in [-0.25, -0.2) is 0 Å². The molecule has 0 aliphatic heterocycles. The molecule has 0 aliphatic carbocycles. The lowest BCUT2D eigenvalue weighted by Gasteiger charge is -2.07. The highest BCUT2D eigenvalue weighted by Gasteiger charge is 2.03. The quantitative estimate of drug-likeness (QED) is 0.833. The second kappa shape index (κ2) is 7.77. The summed E-state index contributed by atoms with van der Waals surface area (Å²) in [5, 5.41) is 11.5. The zero-order valence-electron chi connectivity index (χ0n) is 9.09. The van der Waals surface area contributed by atoms with Crippen molar-refractivity contribution in [3.05, 3.63) is 42.1 Å². The molecule has 1 rings (SSSR count). The van der Waals surface area contributed by atoms with Gasteiger partial charge in [-0.2, -0.15) is 0 Å². The minimum Gasteiger partial charge on any atom is -0.481 e. The molecule has 0 aliphatic rings. The molecule has 3 nitrogen and oxygen atoms in total. The van der Waals surface area contributed by atoms with Crippen molar-refractivity contribution in [3.63, 3.8) is 0 Å². The van der Waals surface area contributed by atoms with E-state index in [-0.39, 0.29) is 24.9 Å². The average Bonchev–Trinajstić information content (AvgIpc) is 2.18. The molecule has 0 fully saturated rings. The fourth-order valence-electron chi connectivity index (χ4n) is 1.19. The van der Waals surface area contributed by atoms with Crippen LogP contribution in [-0.4, -0.2) is 17.1 Å². The molecule has 0 heterocycles. The predicted molar refractivity (Wildman–Crippen MR) is 67.6 cm³/mol. The Labute approximate surface area is 102 Å². The molecule has 1 aromatic rings. The van der Waals surface area contributed by atoms with E-state index in [1.807, 2.05) is 43.3 Å². The van der Waals surface area contributed by atoms with E-state index in [1.165, 1.54) is 0 Å². The summed E-state index contributed by atoms with van der Waals surface area (Å²) in [5.41, 5.74) is 1.09. The number of nitrogens with one attached hydrogen (secondary N) is 1. The van der Waals surface area contributed by atoms with Crippen molar-refractivity contribution in [2.45, 2.75) is 19.4 Å². The minimum absolute atomic E-state index is 0. The van der Waals surface area contributed by atoms with Crippen LogP contribution in [-0.2, 0) is 4.79 Å². The third-order valence-corrected chi connectivity index (χ3v) is 1.94. The molecule has 4 heteroatoms. The highest BCUT2D eigenvalue weighted by atomic mass is 35.5. The first-order valence-corrected chi connectivity index (χ1v) is 4.88. The molecular weight excluding hydrogens is 226 g/mol. The van der Waals surface area contributed by atoms with Gasteiger partial charge in [0.05, 0.1) is 6.42 Å². The molecule has 0 spiro atoms. The van der Waals surface area contributed by atoms with Gasteiger partial charge in [-0.15, -0.1) is 12.4 Å². The molecule has 0 unspecified atom stereocenters. The van der Waals surface area contributed by atoms with Gasteiger partial charge in [0.2, 0.25) is 0 Å². The monoisotopic (exact) mass is 241 g/mol. The van der Waals surface area contributed by atoms with Crippen molar-refractivity contribution >= 4 is 24.5 Å². The van der Waals surface area contributed by atoms with Crippen molar-refractivity contribution in [3.8, 4) is 0 Å². The van der Waals surface area contributed by atoms with Gasteiger partial charge >= 0.3 is 5.97 Å². The van der Waals surface area contributed by atoms with Gasteiger partial charge in [0, 0.05) is 6.04 Å². The first-order valence-electron chi connectivity index (χ1n) is 4.88. The van der Waals surface area contributed by atoms with Crippen LogP contribution < -0.4 is 5.32 Å². The first kappa shape index (κ1) is 14.5. The van der Waals surface area contributed by atoms with Crippen molar-refractivity contribution in [1.82, 2.24) is 5.32 Å². The standard InChI is InChI=1S/C12H15NO2.ClH/c1-10(9-12(14)15)13-8-7-11-5-3-2-4-6-11;/h2-8,10,13H,9H2,1H3,(H,14,15);1H/t10-;/m1./s1. The number of hydrogen-bond acceptors (Lipinski definition) is 2. The number of aliphatic carboxylic acids is 1. The fourth-order valence-corrected chi connectivity index (χ4v) is 1.19. The van der Waals surface area contributed by atoms with Gasteiger partial charge in [-0.05, 0) is 24.8 Å². The highest BCUT2D eigenvalue weighted by Crippen LogP contribution is 2.00. The van der Waals surface area contributed by atoms with E-state index in [1.54, 1.807) is 6.20 Å². The number of rotatable bonds is 5. The van der Waals surface area contributed by atoms with Crippen molar-refractivity contribution in [2.24, 2.45) is 0 Å². The Kier molecular flexibility index (Phi) is 7.05. The van der Waals surface area contributed by atoms with Gasteiger partial charge in [-0.3, -0.25) is 4.79 Å². The largest absolute Gasteiger partial charge is 0.481 e. The summed E-state index contributed by atoms with van der Waals surface area (Å²) >= 11 is 0. The Bertz CT molecular complexity index is 338. The molecule has 0 radical (unpaired) electrons. The Morgan fingerprint density at radius 3 is 2.62 bits per heavy atom. The molecule has 0 bridgehead atoms. The summed E-state index contributed by atoms with van der Waals surface area (Å²) in [7, 11) is 0. The van der Waals surface area contributed by atoms with Crippen molar-refractivity contribution in [1.29, 1.82) is 0 Å². The summed E-state index contributed by atoms with van der Waals surface area (Å²) in [6, 6.07) is 9.79. The summed E-state index contributed by atoms with van der Waals surface area (Å²) in [6.07, 6.45) is 3.82. The Morgan fingerprint density at radius 2 is 2.06 bits per heavy atom. The minimum atomic E-state index is -0.789. The third kappa shape index (κ3) is 6.09. The lowest BCUT2D eigenvalue weighted by molar-refractivity contribution is -0.137. The fraction of sp³-hybridized carbons (Fsp3) is 0.250. The van der Waals surface area contributed by atoms with E-state index in [9.17, 15) is 4.79 Å². The van der Waals surface area contributed by atoms with Crippen LogP contribution in [0.4, 0.5) is 0 Å². The van der Waals surface area contributed by atoms with E-state index in [0.29, 0.717) is 0 Å². The maximum atomic E-state index is 10.4. The normalized spacial score (nSPS) is 11.8. The maximum Gasteiger partial charge on any atom is 0.305 e. The summed E-state index contributed by atoms with van der Waals surface area (Å²) in [5.74, 6) is -0.789. The zero-order chi connectivity index (χ0) is 11.1. The number of hydrogen-bond donors (Lipinski definition) is 2. The topological polar surface area (TPSA) is 49.3 Å². The Hall–Kier alpha value is -1.48. The van der Waals surface area contributed by atoms with Crippen LogP contribution in [0.1, 0.15) is 18.9 Å². The zero-order valence-corrected chi connectivity index (χ0v) is 9.91. The first-order chi connectivity index (χ1) is 7.18. The molecule has 1 atom stereocenters. The molecule has 0 saturated carbocycles. The molecule has 16 heavy (non-hydrogen) atoms. The van der Waals surface area contributed by atoms with Gasteiger partial charge in [0.15, 0.2) is 0 Å². The summed E-state index contributed by atoms with van der Waals surface area (Å²) < 4.78 is 0. The number of halogens is 1. The molecular formula is C12H16ClNO2. The van der Waals surface area contributed by atoms with E-state index in [4.69, 9.17) is 5.11 Å².